The van der Waals surface area contributed by atoms with Crippen molar-refractivity contribution in [1.82, 2.24) is 0 Å². The van der Waals surface area contributed by atoms with Gasteiger partial charge < -0.3 is 0 Å². The molecule has 0 bridgehead atoms. The average molecular weight is 320 g/mol. The second-order valence-corrected chi connectivity index (χ2v) is 7.00. The molecule has 0 spiro atoms. The maximum absolute atomic E-state index is 14.4. The van der Waals surface area contributed by atoms with Gasteiger partial charge in [-0.05, 0) is 66.5 Å². The summed E-state index contributed by atoms with van der Waals surface area (Å²) in [5, 5.41) is 0. The molecule has 0 aromatic heterocycles. The maximum atomic E-state index is 14.4. The summed E-state index contributed by atoms with van der Waals surface area (Å²) in [6.45, 7) is 4.44. The molecule has 1 aliphatic rings. The zero-order chi connectivity index (χ0) is 16.9. The molecule has 0 radical (unpaired) electrons. The zero-order valence-electron chi connectivity index (χ0n) is 14.6. The van der Waals surface area contributed by atoms with Gasteiger partial charge in [0.15, 0.2) is 0 Å². The van der Waals surface area contributed by atoms with E-state index in [0.717, 1.165) is 23.5 Å². The third-order valence-electron chi connectivity index (χ3n) is 5.18. The predicted octanol–water partition coefficient (Wildman–Crippen LogP) is 6.08. The van der Waals surface area contributed by atoms with Crippen molar-refractivity contribution in [2.45, 2.75) is 51.9 Å². The molecule has 0 amide bonds. The zero-order valence-corrected chi connectivity index (χ0v) is 14.6. The Morgan fingerprint density at radius 2 is 1.67 bits per heavy atom. The molecule has 24 heavy (non-hydrogen) atoms. The van der Waals surface area contributed by atoms with E-state index in [1.54, 1.807) is 6.07 Å². The maximum Gasteiger partial charge on any atom is 0.139 e. The Balaban J connectivity index is 1.74. The van der Waals surface area contributed by atoms with Crippen molar-refractivity contribution in [2.75, 3.05) is 0 Å². The minimum atomic E-state index is -0.191. The van der Waals surface area contributed by atoms with Gasteiger partial charge in [-0.15, -0.1) is 0 Å². The van der Waals surface area contributed by atoms with Crippen molar-refractivity contribution in [2.24, 2.45) is 5.92 Å². The Kier molecular flexibility index (Phi) is 5.36. The fourth-order valence-corrected chi connectivity index (χ4v) is 3.44. The van der Waals surface area contributed by atoms with Gasteiger partial charge in [-0.25, -0.2) is 4.39 Å². The summed E-state index contributed by atoms with van der Waals surface area (Å²) in [5.74, 6) is 7.18. The standard InChI is InChI=1S/C23H25F/c1-3-18-6-8-19(9-7-18)10-13-21-14-15-22(16-23(21)24)20-11-4-17(2)5-12-20/h6-9,14-17,20H,3-5,11-12H2,1-2H3. The fourth-order valence-electron chi connectivity index (χ4n) is 3.44. The van der Waals surface area contributed by atoms with Gasteiger partial charge in [-0.1, -0.05) is 56.7 Å². The Labute approximate surface area is 145 Å². The molecule has 0 aliphatic heterocycles. The predicted molar refractivity (Wildman–Crippen MR) is 98.6 cm³/mol. The first-order valence-electron chi connectivity index (χ1n) is 9.06. The van der Waals surface area contributed by atoms with Gasteiger partial charge in [0.1, 0.15) is 5.82 Å². The normalized spacial score (nSPS) is 20.3. The van der Waals surface area contributed by atoms with Crippen molar-refractivity contribution in [3.63, 3.8) is 0 Å². The van der Waals surface area contributed by atoms with E-state index in [2.05, 4.69) is 43.9 Å². The van der Waals surface area contributed by atoms with Gasteiger partial charge in [-0.3, -0.25) is 0 Å². The van der Waals surface area contributed by atoms with E-state index in [4.69, 9.17) is 0 Å². The van der Waals surface area contributed by atoms with Gasteiger partial charge in [-0.2, -0.15) is 0 Å². The molecule has 124 valence electrons. The van der Waals surface area contributed by atoms with Crippen LogP contribution >= 0.6 is 0 Å². The highest BCUT2D eigenvalue weighted by molar-refractivity contribution is 5.45. The number of hydrogen-bond acceptors (Lipinski definition) is 0. The van der Waals surface area contributed by atoms with Crippen LogP contribution in [-0.2, 0) is 6.42 Å². The van der Waals surface area contributed by atoms with Crippen LogP contribution in [0.1, 0.15) is 67.7 Å². The van der Waals surface area contributed by atoms with Gasteiger partial charge in [0.25, 0.3) is 0 Å². The van der Waals surface area contributed by atoms with E-state index < -0.39 is 0 Å². The van der Waals surface area contributed by atoms with E-state index >= 15 is 0 Å². The van der Waals surface area contributed by atoms with Gasteiger partial charge in [0.05, 0.1) is 5.56 Å². The van der Waals surface area contributed by atoms with Crippen LogP contribution in [0.15, 0.2) is 42.5 Å². The molecule has 2 aromatic carbocycles. The molecule has 0 heterocycles. The highest BCUT2D eigenvalue weighted by atomic mass is 19.1. The van der Waals surface area contributed by atoms with Crippen molar-refractivity contribution in [3.05, 3.63) is 70.5 Å². The minimum Gasteiger partial charge on any atom is -0.206 e. The van der Waals surface area contributed by atoms with Crippen molar-refractivity contribution >= 4 is 0 Å². The van der Waals surface area contributed by atoms with Crippen molar-refractivity contribution in [3.8, 4) is 11.8 Å². The van der Waals surface area contributed by atoms with Gasteiger partial charge in [0, 0.05) is 5.56 Å². The number of aryl methyl sites for hydroxylation is 1. The van der Waals surface area contributed by atoms with E-state index in [1.807, 2.05) is 18.2 Å². The molecule has 0 N–H and O–H groups in total. The Morgan fingerprint density at radius 3 is 2.29 bits per heavy atom. The first-order valence-corrected chi connectivity index (χ1v) is 9.06. The number of benzene rings is 2. The highest BCUT2D eigenvalue weighted by Crippen LogP contribution is 2.35. The molecule has 1 heteroatoms. The summed E-state index contributed by atoms with van der Waals surface area (Å²) in [4.78, 5) is 0. The molecule has 1 fully saturated rings. The van der Waals surface area contributed by atoms with Crippen LogP contribution in [0.5, 0.6) is 0 Å². The molecule has 0 atom stereocenters. The van der Waals surface area contributed by atoms with Crippen LogP contribution in [0, 0.1) is 23.6 Å². The lowest BCUT2D eigenvalue weighted by atomic mass is 9.79. The van der Waals surface area contributed by atoms with Crippen LogP contribution in [0.25, 0.3) is 0 Å². The summed E-state index contributed by atoms with van der Waals surface area (Å²) in [5.41, 5.74) is 3.84. The summed E-state index contributed by atoms with van der Waals surface area (Å²) in [6.07, 6.45) is 5.87. The van der Waals surface area contributed by atoms with Crippen LogP contribution < -0.4 is 0 Å². The van der Waals surface area contributed by atoms with E-state index in [0.29, 0.717) is 11.5 Å². The molecule has 0 nitrogen and oxygen atoms in total. The second kappa shape index (κ2) is 7.67. The summed E-state index contributed by atoms with van der Waals surface area (Å²) in [7, 11) is 0. The van der Waals surface area contributed by atoms with Crippen LogP contribution in [0.3, 0.4) is 0 Å². The van der Waals surface area contributed by atoms with E-state index in [1.165, 1.54) is 31.2 Å². The van der Waals surface area contributed by atoms with E-state index in [-0.39, 0.29) is 5.82 Å². The summed E-state index contributed by atoms with van der Waals surface area (Å²) < 4.78 is 14.4. The molecule has 1 saturated carbocycles. The Bertz CT molecular complexity index is 738. The Morgan fingerprint density at radius 1 is 0.958 bits per heavy atom. The lowest BCUT2D eigenvalue weighted by molar-refractivity contribution is 0.347. The van der Waals surface area contributed by atoms with Crippen LogP contribution in [-0.4, -0.2) is 0 Å². The van der Waals surface area contributed by atoms with Crippen molar-refractivity contribution in [1.29, 1.82) is 0 Å². The third-order valence-corrected chi connectivity index (χ3v) is 5.18. The number of rotatable bonds is 2. The monoisotopic (exact) mass is 320 g/mol. The quantitative estimate of drug-likeness (QED) is 0.588. The van der Waals surface area contributed by atoms with Crippen LogP contribution in [0.2, 0.25) is 0 Å². The number of halogens is 1. The molecule has 0 unspecified atom stereocenters. The molecule has 1 aliphatic carbocycles. The fraction of sp³-hybridized carbons (Fsp3) is 0.391. The minimum absolute atomic E-state index is 0.191. The lowest BCUT2D eigenvalue weighted by Crippen LogP contribution is -2.11. The topological polar surface area (TPSA) is 0 Å². The number of hydrogen-bond donors (Lipinski definition) is 0. The summed E-state index contributed by atoms with van der Waals surface area (Å²) >= 11 is 0. The third kappa shape index (κ3) is 4.06. The highest BCUT2D eigenvalue weighted by Gasteiger charge is 2.20. The largest absolute Gasteiger partial charge is 0.206 e. The molecular weight excluding hydrogens is 295 g/mol. The lowest BCUT2D eigenvalue weighted by Gasteiger charge is -2.26. The molecule has 2 aromatic rings. The first kappa shape index (κ1) is 16.8. The molecular formula is C23H25F. The molecule has 3 rings (SSSR count). The van der Waals surface area contributed by atoms with E-state index in [9.17, 15) is 4.39 Å². The van der Waals surface area contributed by atoms with Crippen LogP contribution in [0.4, 0.5) is 4.39 Å². The smallest absolute Gasteiger partial charge is 0.139 e. The molecule has 0 saturated heterocycles. The van der Waals surface area contributed by atoms with Crippen molar-refractivity contribution < 1.29 is 4.39 Å². The second-order valence-electron chi connectivity index (χ2n) is 7.00. The van der Waals surface area contributed by atoms with Gasteiger partial charge >= 0.3 is 0 Å². The first-order chi connectivity index (χ1) is 11.7. The summed E-state index contributed by atoms with van der Waals surface area (Å²) in [6, 6.07) is 13.8. The SMILES string of the molecule is CCc1ccc(C#Cc2ccc(C3CCC(C)CC3)cc2F)cc1. The average Bonchev–Trinajstić information content (AvgIpc) is 2.62. The van der Waals surface area contributed by atoms with Gasteiger partial charge in [0.2, 0.25) is 0 Å². The Hall–Kier alpha value is -2.07.